The van der Waals surface area contributed by atoms with Crippen molar-refractivity contribution in [3.8, 4) is 0 Å². The lowest BCUT2D eigenvalue weighted by molar-refractivity contribution is 0.0162. The Kier molecular flexibility index (Phi) is 19.2. The van der Waals surface area contributed by atoms with E-state index in [-0.39, 0.29) is 11.3 Å². The third kappa shape index (κ3) is 26.6. The first kappa shape index (κ1) is 55.6. The topological polar surface area (TPSA) is 111 Å². The van der Waals surface area contributed by atoms with Gasteiger partial charge in [0.25, 0.3) is 5.95 Å². The largest absolute Gasteiger partial charge is 0.719 e. The molecule has 25 heteroatoms. The molecule has 0 saturated carbocycles. The first-order valence-electron chi connectivity index (χ1n) is 18.9. The minimum absolute atomic E-state index is 0.0419. The summed E-state index contributed by atoms with van der Waals surface area (Å²) in [7, 11) is -30.0. The Balaban J connectivity index is 8.71. The fraction of sp³-hybridized carbons (Fsp3) is 0.931. The van der Waals surface area contributed by atoms with Gasteiger partial charge in [0, 0.05) is 0 Å². The monoisotopic (exact) mass is 985 g/mol. The van der Waals surface area contributed by atoms with E-state index in [1.807, 2.05) is 0 Å². The van der Waals surface area contributed by atoms with Crippen LogP contribution < -0.4 is 0 Å². The van der Waals surface area contributed by atoms with Gasteiger partial charge < -0.3 is 50.3 Å². The van der Waals surface area contributed by atoms with Gasteiger partial charge in [0.2, 0.25) is 0 Å². The van der Waals surface area contributed by atoms with Crippen LogP contribution in [0.1, 0.15) is 0 Å². The van der Waals surface area contributed by atoms with E-state index in [0.29, 0.717) is 0 Å². The van der Waals surface area contributed by atoms with E-state index >= 15 is 0 Å². The summed E-state index contributed by atoms with van der Waals surface area (Å²) >= 11 is 0. The molecule has 0 aliphatic heterocycles. The van der Waals surface area contributed by atoms with E-state index in [0.717, 1.165) is 0 Å². The molecule has 0 aromatic carbocycles. The predicted molar refractivity (Wildman–Crippen MR) is 253 cm³/mol. The van der Waals surface area contributed by atoms with Crippen LogP contribution >= 0.6 is 0 Å². The van der Waals surface area contributed by atoms with Crippen molar-refractivity contribution in [1.82, 2.24) is 0 Å². The highest BCUT2D eigenvalue weighted by atomic mass is 28.5. The van der Waals surface area contributed by atoms with Crippen LogP contribution in [0.5, 0.6) is 0 Å². The second-order valence-corrected chi connectivity index (χ2v) is 71.8. The molecule has 0 aromatic heterocycles. The normalized spacial score (nSPS) is 15.3. The Morgan fingerprint density at radius 1 is 0.241 bits per heavy atom. The second-order valence-electron chi connectivity index (χ2n) is 22.4. The van der Waals surface area contributed by atoms with Crippen molar-refractivity contribution in [2.24, 2.45) is 0 Å². The number of rotatable bonds is 24. The number of hydrogen-bond donors (Lipinski definition) is 0. The van der Waals surface area contributed by atoms with E-state index in [1.54, 1.807) is 0 Å². The zero-order valence-corrected chi connectivity index (χ0v) is 52.4. The fourth-order valence-electron chi connectivity index (χ4n) is 4.26. The Morgan fingerprint density at radius 2 is 0.370 bits per heavy atom. The van der Waals surface area contributed by atoms with Crippen LogP contribution in [0.3, 0.4) is 0 Å². The van der Waals surface area contributed by atoms with Crippen molar-refractivity contribution in [2.75, 3.05) is 0 Å². The average molecular weight is 987 g/mol. The van der Waals surface area contributed by atoms with E-state index in [1.165, 1.54) is 0 Å². The van der Waals surface area contributed by atoms with E-state index in [2.05, 4.69) is 187 Å². The summed E-state index contributed by atoms with van der Waals surface area (Å²) < 4.78 is 84.0. The Hall–Kier alpha value is 1.60. The van der Waals surface area contributed by atoms with Gasteiger partial charge in [-0.15, -0.1) is 0 Å². The van der Waals surface area contributed by atoms with Crippen LogP contribution in [0.4, 0.5) is 0 Å². The van der Waals surface area contributed by atoms with Crippen LogP contribution in [-0.2, 0) is 50.3 Å². The van der Waals surface area contributed by atoms with Crippen LogP contribution in [0, 0.1) is 0 Å². The third-order valence-electron chi connectivity index (χ3n) is 4.73. The minimum atomic E-state index is -4.12. The molecule has 0 unspecified atom stereocenters. The van der Waals surface area contributed by atoms with Crippen LogP contribution in [0.25, 0.3) is 0 Å². The van der Waals surface area contributed by atoms with Crippen molar-refractivity contribution < 1.29 is 50.3 Å². The molecule has 0 aliphatic rings. The fourth-order valence-corrected chi connectivity index (χ4v) is 39.5. The molecule has 0 atom stereocenters. The smallest absolute Gasteiger partial charge is 0.483 e. The van der Waals surface area contributed by atoms with Gasteiger partial charge in [-0.2, -0.15) is 0 Å². The first-order valence-corrected chi connectivity index (χ1v) is 55.0. The molecule has 321 valence electrons. The van der Waals surface area contributed by atoms with Gasteiger partial charge in [-0.25, -0.2) is 0 Å². The van der Waals surface area contributed by atoms with E-state index < -0.39 is 102 Å². The molecule has 3 radical (unpaired) electrons. The summed E-state index contributed by atoms with van der Waals surface area (Å²) in [5.74, 6) is -0.121. The summed E-state index contributed by atoms with van der Waals surface area (Å²) in [5.41, 5.74) is 0. The summed E-state index contributed by atoms with van der Waals surface area (Å²) in [6.07, 6.45) is 0. The van der Waals surface area contributed by atoms with Crippen molar-refractivity contribution in [2.45, 2.75) is 177 Å². The van der Waals surface area contributed by atoms with Gasteiger partial charge in [-0.3, -0.25) is 0 Å². The zero-order chi connectivity index (χ0) is 43.6. The van der Waals surface area contributed by atoms with Crippen LogP contribution in [-0.4, -0.2) is 112 Å². The molecule has 0 heterocycles. The lowest BCUT2D eigenvalue weighted by Crippen LogP contribution is -2.65. The van der Waals surface area contributed by atoms with Gasteiger partial charge in [-0.05, 0) is 177 Å². The van der Waals surface area contributed by atoms with Crippen LogP contribution in [0.15, 0.2) is 11.3 Å². The highest BCUT2D eigenvalue weighted by Crippen LogP contribution is 2.36. The molecular formula is C29H81O12Si13. The maximum Gasteiger partial charge on any atom is 0.719 e. The summed E-state index contributed by atoms with van der Waals surface area (Å²) in [4.78, 5) is 0. The second kappa shape index (κ2) is 18.7. The maximum absolute atomic E-state index is 7.15. The maximum atomic E-state index is 7.15. The van der Waals surface area contributed by atoms with Crippen molar-refractivity contribution in [1.29, 1.82) is 0 Å². The van der Waals surface area contributed by atoms with Gasteiger partial charge in [-0.1, -0.05) is 0 Å². The molecular weight excluding hydrogens is 905 g/mol. The molecule has 0 aromatic rings. The molecule has 0 bridgehead atoms. The lowest BCUT2D eigenvalue weighted by Gasteiger charge is -2.44. The Labute approximate surface area is 348 Å². The average Bonchev–Trinajstić information content (AvgIpc) is 2.65. The molecule has 0 amide bonds. The molecule has 12 nitrogen and oxygen atoms in total. The summed E-state index contributed by atoms with van der Waals surface area (Å²) in [6.45, 7) is 56.5. The molecule has 0 spiro atoms. The molecule has 0 rings (SSSR count). The number of hydrogen-bond acceptors (Lipinski definition) is 12. The molecule has 54 heavy (non-hydrogen) atoms. The molecule has 0 aliphatic carbocycles. The highest BCUT2D eigenvalue weighted by molar-refractivity contribution is 6.90. The van der Waals surface area contributed by atoms with Crippen molar-refractivity contribution in [3.63, 3.8) is 0 Å². The van der Waals surface area contributed by atoms with Gasteiger partial charge >= 0.3 is 27.1 Å². The van der Waals surface area contributed by atoms with E-state index in [9.17, 15) is 0 Å². The molecule has 0 fully saturated rings. The highest BCUT2D eigenvalue weighted by Gasteiger charge is 2.62. The Bertz CT molecular complexity index is 1050. The van der Waals surface area contributed by atoms with E-state index in [4.69, 9.17) is 50.3 Å². The van der Waals surface area contributed by atoms with Crippen LogP contribution in [0.2, 0.25) is 177 Å². The quantitative estimate of drug-likeness (QED) is 0.0678. The van der Waals surface area contributed by atoms with Crippen molar-refractivity contribution in [3.05, 3.63) is 11.3 Å². The van der Waals surface area contributed by atoms with Crippen molar-refractivity contribution >= 4 is 112 Å². The van der Waals surface area contributed by atoms with Gasteiger partial charge in [0.1, 0.15) is 15.6 Å². The lowest BCUT2D eigenvalue weighted by atomic mass is 11.0. The standard InChI is InChI=1S/C29H81O12Si13/c1-43(2,3)33-52(34-44(4,5)6,35-45(7,8)9)30-28(31-53(36-46(10,11)12,37-47(13,14)15)38-48(16,17)18)29(42)32-54(39-49(19,20)21,40-50(22,23)24)41-51(25,26)27/h1-27H3. The summed E-state index contributed by atoms with van der Waals surface area (Å²) in [5, 5.41) is 0.0419. The predicted octanol–water partition coefficient (Wildman–Crippen LogP) is 10.3. The SMILES string of the molecule is C[Si](C)(C)O[Si](OC([Si])=C(O[Si](O[Si](C)(C)C)(O[Si](C)(C)C)O[Si](C)(C)C)O[Si](O[Si](C)(C)C)(O[Si](C)(C)C)O[Si](C)(C)C)(O[Si](C)(C)C)O[Si](C)(C)C. The Morgan fingerprint density at radius 3 is 0.500 bits per heavy atom. The molecule has 0 saturated heterocycles. The third-order valence-corrected chi connectivity index (χ3v) is 37.6. The van der Waals surface area contributed by atoms with Gasteiger partial charge in [0.05, 0.1) is 0 Å². The first-order chi connectivity index (χ1) is 23.1. The minimum Gasteiger partial charge on any atom is -0.483 e. The van der Waals surface area contributed by atoms with Gasteiger partial charge in [0.15, 0.2) is 74.9 Å². The molecule has 0 N–H and O–H groups in total. The zero-order valence-electron chi connectivity index (χ0n) is 39.4. The summed E-state index contributed by atoms with van der Waals surface area (Å²) in [6, 6.07) is 0.